The van der Waals surface area contributed by atoms with Gasteiger partial charge < -0.3 is 9.64 Å². The summed E-state index contributed by atoms with van der Waals surface area (Å²) in [5, 5.41) is 3.94. The Morgan fingerprint density at radius 1 is 1.10 bits per heavy atom. The van der Waals surface area contributed by atoms with Gasteiger partial charge in [-0.25, -0.2) is 4.98 Å². The van der Waals surface area contributed by atoms with Gasteiger partial charge in [0.15, 0.2) is 5.60 Å². The summed E-state index contributed by atoms with van der Waals surface area (Å²) in [5.74, 6) is 0.654. The molecule has 29 heavy (non-hydrogen) atoms. The van der Waals surface area contributed by atoms with Crippen LogP contribution < -0.4 is 4.74 Å². The highest BCUT2D eigenvalue weighted by Gasteiger charge is 2.35. The number of thiazole rings is 1. The number of amides is 1. The predicted octanol–water partition coefficient (Wildman–Crippen LogP) is 4.60. The van der Waals surface area contributed by atoms with Crippen molar-refractivity contribution < 1.29 is 9.53 Å². The minimum absolute atomic E-state index is 0.0105. The number of ether oxygens (including phenoxy) is 1. The highest BCUT2D eigenvalue weighted by Crippen LogP contribution is 2.26. The Labute approximate surface area is 182 Å². The lowest BCUT2D eigenvalue weighted by molar-refractivity contribution is -0.147. The van der Waals surface area contributed by atoms with Crippen LogP contribution in [0.15, 0.2) is 29.6 Å². The summed E-state index contributed by atoms with van der Waals surface area (Å²) in [6.07, 6.45) is 0. The van der Waals surface area contributed by atoms with Gasteiger partial charge in [0.25, 0.3) is 5.91 Å². The lowest BCUT2D eigenvalue weighted by atomic mass is 9.93. The first-order chi connectivity index (χ1) is 13.5. The zero-order valence-corrected chi connectivity index (χ0v) is 19.4. The number of halogens is 1. The van der Waals surface area contributed by atoms with Crippen LogP contribution in [-0.4, -0.2) is 52.5 Å². The van der Waals surface area contributed by atoms with Crippen LogP contribution in [0.3, 0.4) is 0 Å². The van der Waals surface area contributed by atoms with E-state index in [0.29, 0.717) is 23.9 Å². The number of benzene rings is 1. The molecule has 0 saturated carbocycles. The molecule has 2 heterocycles. The molecule has 1 aromatic heterocycles. The molecule has 0 radical (unpaired) electrons. The van der Waals surface area contributed by atoms with Crippen molar-refractivity contribution in [2.75, 3.05) is 26.2 Å². The number of carbonyl (C=O) groups is 1. The van der Waals surface area contributed by atoms with Crippen molar-refractivity contribution in [3.05, 3.63) is 45.4 Å². The van der Waals surface area contributed by atoms with E-state index in [0.717, 1.165) is 30.3 Å². The van der Waals surface area contributed by atoms with Crippen molar-refractivity contribution in [3.63, 3.8) is 0 Å². The Bertz CT molecular complexity index is 834. The molecule has 0 bridgehead atoms. The van der Waals surface area contributed by atoms with E-state index in [9.17, 15) is 4.79 Å². The van der Waals surface area contributed by atoms with Gasteiger partial charge in [0.2, 0.25) is 0 Å². The second kappa shape index (κ2) is 8.62. The third-order valence-corrected chi connectivity index (χ3v) is 6.13. The Morgan fingerprint density at radius 2 is 1.72 bits per heavy atom. The van der Waals surface area contributed by atoms with Crippen LogP contribution in [0.1, 0.15) is 45.3 Å². The summed E-state index contributed by atoms with van der Waals surface area (Å²) < 4.78 is 5.96. The standard InChI is InChI=1S/C22H30ClN3O2S/c1-21(2,3)18-15-29-19(24-18)14-25-10-12-26(13-11-25)20(27)22(4,5)28-17-8-6-16(23)7-9-17/h6-9,15H,10-14H2,1-5H3. The fraction of sp³-hybridized carbons (Fsp3) is 0.545. The van der Waals surface area contributed by atoms with Gasteiger partial charge in [0.1, 0.15) is 10.8 Å². The van der Waals surface area contributed by atoms with Gasteiger partial charge in [-0.15, -0.1) is 11.3 Å². The van der Waals surface area contributed by atoms with Crippen molar-refractivity contribution in [2.24, 2.45) is 0 Å². The van der Waals surface area contributed by atoms with Crippen molar-refractivity contribution in [1.29, 1.82) is 0 Å². The minimum atomic E-state index is -0.924. The van der Waals surface area contributed by atoms with E-state index < -0.39 is 5.60 Å². The summed E-state index contributed by atoms with van der Waals surface area (Å²) in [4.78, 5) is 22.1. The highest BCUT2D eigenvalue weighted by atomic mass is 35.5. The van der Waals surface area contributed by atoms with Gasteiger partial charge in [0, 0.05) is 42.0 Å². The third kappa shape index (κ3) is 5.71. The molecule has 0 atom stereocenters. The van der Waals surface area contributed by atoms with E-state index in [2.05, 4.69) is 31.1 Å². The predicted molar refractivity (Wildman–Crippen MR) is 119 cm³/mol. The summed E-state index contributed by atoms with van der Waals surface area (Å²) in [6, 6.07) is 7.10. The lowest BCUT2D eigenvalue weighted by Gasteiger charge is -2.38. The topological polar surface area (TPSA) is 45.7 Å². The molecule has 1 amide bonds. The van der Waals surface area contributed by atoms with Gasteiger partial charge in [0.05, 0.1) is 12.2 Å². The molecular formula is C22H30ClN3O2S. The molecule has 1 aromatic carbocycles. The number of hydrogen-bond donors (Lipinski definition) is 0. The van der Waals surface area contributed by atoms with Gasteiger partial charge >= 0.3 is 0 Å². The van der Waals surface area contributed by atoms with Gasteiger partial charge in [-0.2, -0.15) is 0 Å². The smallest absolute Gasteiger partial charge is 0.266 e. The van der Waals surface area contributed by atoms with Crippen LogP contribution in [-0.2, 0) is 16.8 Å². The van der Waals surface area contributed by atoms with Crippen LogP contribution in [0.4, 0.5) is 0 Å². The van der Waals surface area contributed by atoms with Crippen LogP contribution in [0.25, 0.3) is 0 Å². The number of aromatic nitrogens is 1. The molecule has 7 heteroatoms. The average molecular weight is 436 g/mol. The largest absolute Gasteiger partial charge is 0.478 e. The van der Waals surface area contributed by atoms with E-state index in [-0.39, 0.29) is 11.3 Å². The number of hydrogen-bond acceptors (Lipinski definition) is 5. The maximum absolute atomic E-state index is 13.0. The number of piperazine rings is 1. The molecule has 0 spiro atoms. The van der Waals surface area contributed by atoms with Crippen molar-refractivity contribution in [3.8, 4) is 5.75 Å². The number of rotatable bonds is 5. The quantitative estimate of drug-likeness (QED) is 0.688. The molecule has 1 aliphatic heterocycles. The van der Waals surface area contributed by atoms with Gasteiger partial charge in [-0.3, -0.25) is 9.69 Å². The Balaban J connectivity index is 1.53. The highest BCUT2D eigenvalue weighted by molar-refractivity contribution is 7.09. The van der Waals surface area contributed by atoms with E-state index in [4.69, 9.17) is 21.3 Å². The maximum Gasteiger partial charge on any atom is 0.266 e. The van der Waals surface area contributed by atoms with Crippen LogP contribution in [0.2, 0.25) is 5.02 Å². The first kappa shape index (κ1) is 22.1. The Hall–Kier alpha value is -1.63. The molecule has 1 aliphatic rings. The first-order valence-corrected chi connectivity index (χ1v) is 11.2. The van der Waals surface area contributed by atoms with Crippen molar-refractivity contribution in [1.82, 2.24) is 14.8 Å². The summed E-state index contributed by atoms with van der Waals surface area (Å²) in [6.45, 7) is 14.1. The SMILES string of the molecule is CC(C)(Oc1ccc(Cl)cc1)C(=O)N1CCN(Cc2nc(C(C)(C)C)cs2)CC1. The zero-order chi connectivity index (χ0) is 21.2. The summed E-state index contributed by atoms with van der Waals surface area (Å²) in [7, 11) is 0. The monoisotopic (exact) mass is 435 g/mol. The van der Waals surface area contributed by atoms with Crippen molar-refractivity contribution in [2.45, 2.75) is 52.2 Å². The normalized spacial score (nSPS) is 16.1. The van der Waals surface area contributed by atoms with Crippen molar-refractivity contribution >= 4 is 28.8 Å². The molecule has 5 nitrogen and oxygen atoms in total. The molecule has 2 aromatic rings. The van der Waals surface area contributed by atoms with Crippen LogP contribution in [0.5, 0.6) is 5.75 Å². The molecule has 0 N–H and O–H groups in total. The molecule has 0 unspecified atom stereocenters. The first-order valence-electron chi connectivity index (χ1n) is 9.96. The molecule has 3 rings (SSSR count). The fourth-order valence-corrected chi connectivity index (χ4v) is 4.44. The molecule has 1 fully saturated rings. The Morgan fingerprint density at radius 3 is 2.28 bits per heavy atom. The second-order valence-electron chi connectivity index (χ2n) is 9.01. The lowest BCUT2D eigenvalue weighted by Crippen LogP contribution is -2.55. The average Bonchev–Trinajstić information content (AvgIpc) is 3.12. The van der Waals surface area contributed by atoms with Gasteiger partial charge in [-0.1, -0.05) is 32.4 Å². The minimum Gasteiger partial charge on any atom is -0.478 e. The van der Waals surface area contributed by atoms with E-state index in [1.165, 1.54) is 0 Å². The summed E-state index contributed by atoms with van der Waals surface area (Å²) >= 11 is 7.64. The second-order valence-corrected chi connectivity index (χ2v) is 10.4. The Kier molecular flexibility index (Phi) is 6.56. The molecule has 1 saturated heterocycles. The maximum atomic E-state index is 13.0. The molecular weight excluding hydrogens is 406 g/mol. The number of nitrogens with zero attached hydrogens (tertiary/aromatic N) is 3. The van der Waals surface area contributed by atoms with Crippen LogP contribution >= 0.6 is 22.9 Å². The fourth-order valence-electron chi connectivity index (χ4n) is 3.25. The van der Waals surface area contributed by atoms with E-state index in [1.54, 1.807) is 35.6 Å². The third-order valence-electron chi connectivity index (χ3n) is 5.04. The molecule has 158 valence electrons. The summed E-state index contributed by atoms with van der Waals surface area (Å²) in [5.41, 5.74) is 0.301. The van der Waals surface area contributed by atoms with Crippen LogP contribution in [0, 0.1) is 0 Å². The molecule has 0 aliphatic carbocycles. The van der Waals surface area contributed by atoms with E-state index >= 15 is 0 Å². The van der Waals surface area contributed by atoms with E-state index in [1.807, 2.05) is 18.7 Å². The van der Waals surface area contributed by atoms with Gasteiger partial charge in [-0.05, 0) is 38.1 Å². The number of carbonyl (C=O) groups excluding carboxylic acids is 1. The zero-order valence-electron chi connectivity index (χ0n) is 17.9.